The molecule has 98 valence electrons. The van der Waals surface area contributed by atoms with E-state index in [0.29, 0.717) is 6.42 Å². The number of aromatic nitrogens is 1. The lowest BCUT2D eigenvalue weighted by Crippen LogP contribution is -2.36. The summed E-state index contributed by atoms with van der Waals surface area (Å²) in [5.74, 6) is 0.0449. The predicted octanol–water partition coefficient (Wildman–Crippen LogP) is 1.19. The van der Waals surface area contributed by atoms with Crippen LogP contribution in [0.2, 0.25) is 0 Å². The van der Waals surface area contributed by atoms with Crippen LogP contribution in [0.25, 0.3) is 0 Å². The fraction of sp³-hybridized carbons (Fsp3) is 0.500. The Morgan fingerprint density at radius 1 is 1.44 bits per heavy atom. The number of sulfonamides is 1. The van der Waals surface area contributed by atoms with E-state index in [0.717, 1.165) is 5.56 Å². The molecule has 1 heterocycles. The number of nitriles is 1. The molecule has 0 spiro atoms. The molecule has 18 heavy (non-hydrogen) atoms. The molecular weight excluding hydrogens is 250 g/mol. The molecule has 0 aliphatic carbocycles. The maximum Gasteiger partial charge on any atom is 0.214 e. The summed E-state index contributed by atoms with van der Waals surface area (Å²) < 4.78 is 25.3. The molecule has 1 atom stereocenters. The molecule has 0 bridgehead atoms. The van der Waals surface area contributed by atoms with E-state index in [1.807, 2.05) is 6.07 Å². The number of nitrogens with zero attached hydrogens (tertiary/aromatic N) is 3. The van der Waals surface area contributed by atoms with Gasteiger partial charge in [-0.15, -0.1) is 0 Å². The molecule has 0 saturated carbocycles. The quantitative estimate of drug-likeness (QED) is 0.776. The fourth-order valence-electron chi connectivity index (χ4n) is 1.48. The minimum absolute atomic E-state index is 0.0449. The van der Waals surface area contributed by atoms with Gasteiger partial charge in [-0.05, 0) is 31.0 Å². The summed E-state index contributed by atoms with van der Waals surface area (Å²) in [6, 6.07) is 5.29. The summed E-state index contributed by atoms with van der Waals surface area (Å²) in [6.45, 7) is 1.73. The second-order valence-electron chi connectivity index (χ2n) is 4.15. The maximum atomic E-state index is 12.0. The molecule has 5 nitrogen and oxygen atoms in total. The highest BCUT2D eigenvalue weighted by atomic mass is 32.2. The van der Waals surface area contributed by atoms with Crippen molar-refractivity contribution in [2.24, 2.45) is 0 Å². The van der Waals surface area contributed by atoms with E-state index in [4.69, 9.17) is 5.26 Å². The molecule has 1 aromatic heterocycles. The van der Waals surface area contributed by atoms with Crippen molar-refractivity contribution in [3.63, 3.8) is 0 Å². The predicted molar refractivity (Wildman–Crippen MR) is 69.2 cm³/mol. The summed E-state index contributed by atoms with van der Waals surface area (Å²) in [5.41, 5.74) is 0.940. The first-order chi connectivity index (χ1) is 8.47. The zero-order chi connectivity index (χ0) is 13.6. The monoisotopic (exact) mass is 267 g/mol. The normalized spacial score (nSPS) is 13.2. The van der Waals surface area contributed by atoms with Gasteiger partial charge in [0.05, 0.1) is 18.2 Å². The van der Waals surface area contributed by atoms with Crippen molar-refractivity contribution >= 4 is 10.0 Å². The number of hydrogen-bond acceptors (Lipinski definition) is 4. The van der Waals surface area contributed by atoms with Gasteiger partial charge < -0.3 is 0 Å². The number of hydrogen-bond donors (Lipinski definition) is 0. The van der Waals surface area contributed by atoms with Crippen LogP contribution in [0.4, 0.5) is 0 Å². The average Bonchev–Trinajstić information content (AvgIpc) is 2.37. The Morgan fingerprint density at radius 2 is 2.06 bits per heavy atom. The highest BCUT2D eigenvalue weighted by Gasteiger charge is 2.22. The van der Waals surface area contributed by atoms with Crippen molar-refractivity contribution < 1.29 is 8.42 Å². The molecule has 6 heteroatoms. The molecule has 1 rings (SSSR count). The van der Waals surface area contributed by atoms with E-state index >= 15 is 0 Å². The van der Waals surface area contributed by atoms with Crippen molar-refractivity contribution in [3.05, 3.63) is 30.1 Å². The summed E-state index contributed by atoms with van der Waals surface area (Å²) in [6.07, 6.45) is 3.94. The Balaban J connectivity index is 2.63. The van der Waals surface area contributed by atoms with Crippen LogP contribution in [0.1, 0.15) is 18.9 Å². The van der Waals surface area contributed by atoms with Crippen LogP contribution >= 0.6 is 0 Å². The molecule has 0 radical (unpaired) electrons. The SMILES string of the molecule is CC(CC#N)N(C)S(=O)(=O)CCc1ccncc1. The van der Waals surface area contributed by atoms with Crippen molar-refractivity contribution in [1.29, 1.82) is 5.26 Å². The first-order valence-electron chi connectivity index (χ1n) is 5.69. The summed E-state index contributed by atoms with van der Waals surface area (Å²) in [4.78, 5) is 3.88. The molecule has 0 saturated heterocycles. The van der Waals surface area contributed by atoms with Crippen LogP contribution in [0, 0.1) is 11.3 Å². The molecule has 0 fully saturated rings. The second-order valence-corrected chi connectivity index (χ2v) is 6.30. The van der Waals surface area contributed by atoms with Crippen LogP contribution in [-0.2, 0) is 16.4 Å². The zero-order valence-corrected chi connectivity index (χ0v) is 11.4. The Bertz CT molecular complexity index is 508. The molecular formula is C12H17N3O2S. The van der Waals surface area contributed by atoms with Crippen molar-refractivity contribution in [1.82, 2.24) is 9.29 Å². The molecule has 0 aliphatic rings. The third-order valence-electron chi connectivity index (χ3n) is 2.84. The largest absolute Gasteiger partial charge is 0.265 e. The molecule has 0 aromatic carbocycles. The standard InChI is InChI=1S/C12H17N3O2S/c1-11(3-7-13)15(2)18(16,17)10-6-12-4-8-14-9-5-12/h4-5,8-9,11H,3,6,10H2,1-2H3. The Labute approximate surface area is 108 Å². The Hall–Kier alpha value is -1.45. The molecule has 0 aliphatic heterocycles. The fourth-order valence-corrected chi connectivity index (χ4v) is 2.88. The minimum atomic E-state index is -3.32. The number of pyridine rings is 1. The van der Waals surface area contributed by atoms with Crippen LogP contribution < -0.4 is 0 Å². The minimum Gasteiger partial charge on any atom is -0.265 e. The topological polar surface area (TPSA) is 74.1 Å². The van der Waals surface area contributed by atoms with E-state index in [9.17, 15) is 8.42 Å². The van der Waals surface area contributed by atoms with Crippen LogP contribution in [0.5, 0.6) is 0 Å². The molecule has 0 N–H and O–H groups in total. The van der Waals surface area contributed by atoms with Gasteiger partial charge in [-0.1, -0.05) is 0 Å². The number of aryl methyl sites for hydroxylation is 1. The number of rotatable bonds is 6. The van der Waals surface area contributed by atoms with Gasteiger partial charge in [0.15, 0.2) is 0 Å². The van der Waals surface area contributed by atoms with E-state index in [2.05, 4.69) is 4.98 Å². The third kappa shape index (κ3) is 4.09. The van der Waals surface area contributed by atoms with E-state index in [1.54, 1.807) is 31.5 Å². The molecule has 1 aromatic rings. The smallest absolute Gasteiger partial charge is 0.214 e. The lowest BCUT2D eigenvalue weighted by molar-refractivity contribution is 0.393. The van der Waals surface area contributed by atoms with Gasteiger partial charge in [0, 0.05) is 25.5 Å². The molecule has 1 unspecified atom stereocenters. The van der Waals surface area contributed by atoms with Gasteiger partial charge in [0.1, 0.15) is 0 Å². The van der Waals surface area contributed by atoms with Gasteiger partial charge in [0.2, 0.25) is 10.0 Å². The Morgan fingerprint density at radius 3 is 2.61 bits per heavy atom. The van der Waals surface area contributed by atoms with Gasteiger partial charge in [-0.2, -0.15) is 5.26 Å². The van der Waals surface area contributed by atoms with Crippen LogP contribution in [0.15, 0.2) is 24.5 Å². The van der Waals surface area contributed by atoms with E-state index in [-0.39, 0.29) is 18.2 Å². The maximum absolute atomic E-state index is 12.0. The lowest BCUT2D eigenvalue weighted by Gasteiger charge is -2.22. The summed E-state index contributed by atoms with van der Waals surface area (Å²) in [5, 5.41) is 8.58. The van der Waals surface area contributed by atoms with Gasteiger partial charge in [-0.3, -0.25) is 4.98 Å². The first kappa shape index (κ1) is 14.6. The van der Waals surface area contributed by atoms with Gasteiger partial charge >= 0.3 is 0 Å². The Kier molecular flexibility index (Phi) is 5.25. The summed E-state index contributed by atoms with van der Waals surface area (Å²) >= 11 is 0. The first-order valence-corrected chi connectivity index (χ1v) is 7.30. The molecule has 0 amide bonds. The zero-order valence-electron chi connectivity index (χ0n) is 10.6. The third-order valence-corrected chi connectivity index (χ3v) is 4.80. The van der Waals surface area contributed by atoms with Crippen LogP contribution in [0.3, 0.4) is 0 Å². The van der Waals surface area contributed by atoms with Gasteiger partial charge in [-0.25, -0.2) is 12.7 Å². The highest BCUT2D eigenvalue weighted by Crippen LogP contribution is 2.09. The van der Waals surface area contributed by atoms with Crippen molar-refractivity contribution in [3.8, 4) is 6.07 Å². The lowest BCUT2D eigenvalue weighted by atomic mass is 10.2. The average molecular weight is 267 g/mol. The van der Waals surface area contributed by atoms with Crippen molar-refractivity contribution in [2.45, 2.75) is 25.8 Å². The van der Waals surface area contributed by atoms with E-state index in [1.165, 1.54) is 11.4 Å². The van der Waals surface area contributed by atoms with E-state index < -0.39 is 10.0 Å². The second kappa shape index (κ2) is 6.47. The van der Waals surface area contributed by atoms with Crippen LogP contribution in [-0.4, -0.2) is 36.5 Å². The summed E-state index contributed by atoms with van der Waals surface area (Å²) in [7, 11) is -1.80. The van der Waals surface area contributed by atoms with Crippen molar-refractivity contribution in [2.75, 3.05) is 12.8 Å². The highest BCUT2D eigenvalue weighted by molar-refractivity contribution is 7.89. The van der Waals surface area contributed by atoms with Gasteiger partial charge in [0.25, 0.3) is 0 Å².